The predicted molar refractivity (Wildman–Crippen MR) is 133 cm³/mol. The van der Waals surface area contributed by atoms with Crippen LogP contribution in [0, 0.1) is 0 Å². The van der Waals surface area contributed by atoms with Gasteiger partial charge in [-0.05, 0) is 81.7 Å². The average molecular weight is 495 g/mol. The summed E-state index contributed by atoms with van der Waals surface area (Å²) in [5.74, 6) is -1.44. The molecule has 10 heteroatoms. The van der Waals surface area contributed by atoms with Crippen molar-refractivity contribution in [2.45, 2.75) is 18.5 Å². The molecule has 9 nitrogen and oxygen atoms in total. The summed E-state index contributed by atoms with van der Waals surface area (Å²) in [6.45, 7) is 1.59. The number of pyridine rings is 1. The number of thiocarbonyl (C=S) groups is 1. The molecule has 0 saturated carbocycles. The van der Waals surface area contributed by atoms with Crippen molar-refractivity contribution in [2.24, 2.45) is 0 Å². The third kappa shape index (κ3) is 5.33. The highest BCUT2D eigenvalue weighted by molar-refractivity contribution is 7.80. The second-order valence-corrected chi connectivity index (χ2v) is 8.97. The number of hydrogen-bond donors (Lipinski definition) is 3. The highest BCUT2D eigenvalue weighted by Crippen LogP contribution is 2.40. The Kier molecular flexibility index (Phi) is 7.13. The lowest BCUT2D eigenvalue weighted by molar-refractivity contribution is 0.0696. The topological polar surface area (TPSA) is 119 Å². The van der Waals surface area contributed by atoms with Gasteiger partial charge in [0.2, 0.25) is 0 Å². The largest absolute Gasteiger partial charge is 0.478 e. The van der Waals surface area contributed by atoms with Crippen molar-refractivity contribution >= 4 is 29.3 Å². The lowest BCUT2D eigenvalue weighted by Crippen LogP contribution is -2.32. The minimum atomic E-state index is -1.21. The Balaban J connectivity index is 1.72. The third-order valence-electron chi connectivity index (χ3n) is 5.83. The van der Waals surface area contributed by atoms with Crippen LogP contribution in [0.2, 0.25) is 0 Å². The van der Waals surface area contributed by atoms with E-state index in [1.807, 2.05) is 38.4 Å². The highest BCUT2D eigenvalue weighted by atomic mass is 32.1. The molecule has 1 fully saturated rings. The fourth-order valence-corrected chi connectivity index (χ4v) is 4.53. The Morgan fingerprint density at radius 2 is 1.83 bits per heavy atom. The van der Waals surface area contributed by atoms with Gasteiger partial charge in [0.15, 0.2) is 5.11 Å². The van der Waals surface area contributed by atoms with Gasteiger partial charge in [-0.15, -0.1) is 0 Å². The second kappa shape index (κ2) is 10.2. The smallest absolute Gasteiger partial charge is 0.335 e. The van der Waals surface area contributed by atoms with Crippen molar-refractivity contribution in [1.29, 1.82) is 0 Å². The Bertz CT molecular complexity index is 1210. The molecule has 3 aromatic rings. The van der Waals surface area contributed by atoms with E-state index < -0.39 is 11.9 Å². The van der Waals surface area contributed by atoms with Gasteiger partial charge in [0.1, 0.15) is 17.6 Å². The van der Waals surface area contributed by atoms with Crippen molar-refractivity contribution in [3.63, 3.8) is 0 Å². The number of nitrogens with zero attached hydrogens (tertiary/aromatic N) is 3. The molecule has 0 bridgehead atoms. The van der Waals surface area contributed by atoms with Gasteiger partial charge < -0.3 is 29.7 Å². The summed E-state index contributed by atoms with van der Waals surface area (Å²) in [5, 5.41) is 22.8. The van der Waals surface area contributed by atoms with Gasteiger partial charge >= 0.3 is 11.9 Å². The third-order valence-corrected chi connectivity index (χ3v) is 6.18. The van der Waals surface area contributed by atoms with Crippen molar-refractivity contribution < 1.29 is 24.2 Å². The molecule has 0 amide bonds. The van der Waals surface area contributed by atoms with E-state index in [0.717, 1.165) is 24.7 Å². The van der Waals surface area contributed by atoms with E-state index >= 15 is 0 Å². The zero-order valence-electron chi connectivity index (χ0n) is 19.3. The number of nitrogens with one attached hydrogen (secondary N) is 1. The number of aromatic nitrogens is 1. The predicted octanol–water partition coefficient (Wildman–Crippen LogP) is 3.66. The number of carboxylic acid groups (broad SMARTS) is 2. The van der Waals surface area contributed by atoms with E-state index in [1.165, 1.54) is 12.1 Å². The summed E-state index contributed by atoms with van der Waals surface area (Å²) >= 11 is 5.67. The molecule has 3 heterocycles. The summed E-state index contributed by atoms with van der Waals surface area (Å²) in [5.41, 5.74) is 0.932. The first-order chi connectivity index (χ1) is 16.7. The van der Waals surface area contributed by atoms with E-state index in [2.05, 4.69) is 20.1 Å². The van der Waals surface area contributed by atoms with Crippen molar-refractivity contribution in [3.8, 4) is 11.3 Å². The number of benzene rings is 1. The minimum Gasteiger partial charge on any atom is -0.478 e. The number of aromatic carboxylic acids is 2. The van der Waals surface area contributed by atoms with E-state index in [1.54, 1.807) is 12.3 Å². The molecule has 35 heavy (non-hydrogen) atoms. The summed E-state index contributed by atoms with van der Waals surface area (Å²) in [6.07, 6.45) is 2.61. The van der Waals surface area contributed by atoms with Crippen LogP contribution < -0.4 is 5.32 Å². The van der Waals surface area contributed by atoms with Crippen LogP contribution in [-0.4, -0.2) is 69.2 Å². The van der Waals surface area contributed by atoms with Crippen LogP contribution in [0.15, 0.2) is 59.1 Å². The van der Waals surface area contributed by atoms with E-state index in [4.69, 9.17) is 16.6 Å². The zero-order chi connectivity index (χ0) is 25.1. The molecule has 0 spiro atoms. The first-order valence-corrected chi connectivity index (χ1v) is 11.5. The Hall–Kier alpha value is -3.76. The molecule has 1 aliphatic rings. The zero-order valence-corrected chi connectivity index (χ0v) is 20.2. The van der Waals surface area contributed by atoms with Gasteiger partial charge in [-0.2, -0.15) is 0 Å². The first kappa shape index (κ1) is 24.4. The molecule has 0 radical (unpaired) electrons. The van der Waals surface area contributed by atoms with Gasteiger partial charge in [-0.1, -0.05) is 6.07 Å². The van der Waals surface area contributed by atoms with Gasteiger partial charge in [0.05, 0.1) is 22.9 Å². The molecule has 2 atom stereocenters. The van der Waals surface area contributed by atoms with E-state index in [0.29, 0.717) is 28.7 Å². The van der Waals surface area contributed by atoms with Crippen LogP contribution in [0.3, 0.4) is 0 Å². The van der Waals surface area contributed by atoms with Crippen molar-refractivity contribution in [1.82, 2.24) is 20.1 Å². The van der Waals surface area contributed by atoms with Crippen LogP contribution >= 0.6 is 12.2 Å². The van der Waals surface area contributed by atoms with Gasteiger partial charge in [0, 0.05) is 18.3 Å². The number of carbonyl (C=O) groups is 2. The van der Waals surface area contributed by atoms with Gasteiger partial charge in [-0.3, -0.25) is 4.98 Å². The molecular formula is C25H26N4O5S. The Labute approximate surface area is 208 Å². The molecule has 0 aliphatic carbocycles. The second-order valence-electron chi connectivity index (χ2n) is 8.59. The number of hydrogen-bond acceptors (Lipinski definition) is 6. The monoisotopic (exact) mass is 494 g/mol. The van der Waals surface area contributed by atoms with Crippen molar-refractivity contribution in [3.05, 3.63) is 77.3 Å². The Morgan fingerprint density at radius 1 is 1.11 bits per heavy atom. The molecule has 0 unspecified atom stereocenters. The quantitative estimate of drug-likeness (QED) is 0.380. The minimum absolute atomic E-state index is 0.127. The van der Waals surface area contributed by atoms with Crippen LogP contribution in [0.4, 0.5) is 0 Å². The normalized spacial score (nSPS) is 17.6. The highest BCUT2D eigenvalue weighted by Gasteiger charge is 2.41. The fourth-order valence-electron chi connectivity index (χ4n) is 4.20. The molecule has 3 N–H and O–H groups in total. The fraction of sp³-hybridized carbons (Fsp3) is 0.280. The summed E-state index contributed by atoms with van der Waals surface area (Å²) in [6, 6.07) is 12.6. The Morgan fingerprint density at radius 3 is 2.43 bits per heavy atom. The average Bonchev–Trinajstić information content (AvgIpc) is 3.44. The molecular weight excluding hydrogens is 468 g/mol. The molecule has 1 aromatic carbocycles. The van der Waals surface area contributed by atoms with Crippen LogP contribution in [-0.2, 0) is 0 Å². The standard InChI is InChI=1S/C25H26N4O5S/c1-28(2)10-5-11-29-22(21(27-25(29)35)18-6-3-4-9-26-18)20-8-7-19(34-20)15-12-16(23(30)31)14-17(13-15)24(32)33/h3-4,6-9,12-14,21-22H,5,10-11H2,1-2H3,(H,27,35)(H,30,31)(H,32,33)/t21-,22-/m0/s1. The van der Waals surface area contributed by atoms with Gasteiger partial charge in [0.25, 0.3) is 0 Å². The molecule has 2 aromatic heterocycles. The van der Waals surface area contributed by atoms with E-state index in [9.17, 15) is 19.8 Å². The molecule has 1 saturated heterocycles. The molecule has 1 aliphatic heterocycles. The van der Waals surface area contributed by atoms with Crippen molar-refractivity contribution in [2.75, 3.05) is 27.2 Å². The van der Waals surface area contributed by atoms with Crippen LogP contribution in [0.25, 0.3) is 11.3 Å². The maximum Gasteiger partial charge on any atom is 0.335 e. The van der Waals surface area contributed by atoms with Crippen LogP contribution in [0.1, 0.15) is 50.7 Å². The molecule has 182 valence electrons. The first-order valence-electron chi connectivity index (χ1n) is 11.1. The number of carboxylic acids is 2. The van der Waals surface area contributed by atoms with E-state index in [-0.39, 0.29) is 23.2 Å². The summed E-state index contributed by atoms with van der Waals surface area (Å²) < 4.78 is 6.22. The lowest BCUT2D eigenvalue weighted by atomic mass is 10.0. The van der Waals surface area contributed by atoms with Crippen LogP contribution in [0.5, 0.6) is 0 Å². The maximum atomic E-state index is 11.5. The number of rotatable bonds is 9. The summed E-state index contributed by atoms with van der Waals surface area (Å²) in [4.78, 5) is 31.8. The summed E-state index contributed by atoms with van der Waals surface area (Å²) in [7, 11) is 4.04. The number of furan rings is 1. The molecule has 4 rings (SSSR count). The van der Waals surface area contributed by atoms with Gasteiger partial charge in [-0.25, -0.2) is 9.59 Å². The maximum absolute atomic E-state index is 11.5. The lowest BCUT2D eigenvalue weighted by Gasteiger charge is -2.26. The SMILES string of the molecule is CN(C)CCCN1C(=S)N[C@@H](c2ccccn2)[C@@H]1c1ccc(-c2cc(C(=O)O)cc(C(=O)O)c2)o1.